The van der Waals surface area contributed by atoms with E-state index < -0.39 is 11.4 Å². The molecular formula is C13H17FN2O2S. The lowest BCUT2D eigenvalue weighted by Gasteiger charge is -2.28. The van der Waals surface area contributed by atoms with E-state index in [2.05, 4.69) is 5.32 Å². The molecule has 4 nitrogen and oxygen atoms in total. The summed E-state index contributed by atoms with van der Waals surface area (Å²) in [5, 5.41) is 2.75. The van der Waals surface area contributed by atoms with E-state index >= 15 is 0 Å². The molecule has 1 amide bonds. The summed E-state index contributed by atoms with van der Waals surface area (Å²) in [5.74, 6) is -0.886. The van der Waals surface area contributed by atoms with Crippen LogP contribution in [0.15, 0.2) is 18.2 Å². The summed E-state index contributed by atoms with van der Waals surface area (Å²) in [4.78, 5) is 12.3. The van der Waals surface area contributed by atoms with Crippen molar-refractivity contribution >= 4 is 23.1 Å². The maximum atomic E-state index is 13.3. The fourth-order valence-corrected chi connectivity index (χ4v) is 1.64. The number of nitrogens with two attached hydrogens (primary N) is 1. The second kappa shape index (κ2) is 5.97. The smallest absolute Gasteiger partial charge is 0.252 e. The molecule has 1 atom stereocenters. The quantitative estimate of drug-likeness (QED) is 0.812. The molecule has 0 bridgehead atoms. The number of nitrogens with one attached hydrogen (secondary N) is 1. The van der Waals surface area contributed by atoms with Crippen LogP contribution in [0.5, 0.6) is 5.75 Å². The Bertz CT molecular complexity index is 507. The molecule has 0 aliphatic heterocycles. The Morgan fingerprint density at radius 3 is 2.68 bits per heavy atom. The van der Waals surface area contributed by atoms with E-state index in [1.165, 1.54) is 25.3 Å². The van der Waals surface area contributed by atoms with Gasteiger partial charge in [0.1, 0.15) is 0 Å². The Hall–Kier alpha value is -1.69. The first kappa shape index (κ1) is 15.4. The predicted octanol–water partition coefficient (Wildman–Crippen LogP) is 2.02. The number of methoxy groups -OCH3 is 1. The molecular weight excluding hydrogens is 267 g/mol. The van der Waals surface area contributed by atoms with Crippen LogP contribution in [0.2, 0.25) is 0 Å². The van der Waals surface area contributed by atoms with Crippen molar-refractivity contribution < 1.29 is 13.9 Å². The lowest BCUT2D eigenvalue weighted by molar-refractivity contribution is 0.0926. The first-order valence-electron chi connectivity index (χ1n) is 5.80. The normalized spacial score (nSPS) is 13.5. The zero-order chi connectivity index (χ0) is 14.6. The summed E-state index contributed by atoms with van der Waals surface area (Å²) >= 11 is 4.95. The number of ether oxygens (including phenoxy) is 1. The van der Waals surface area contributed by atoms with Gasteiger partial charge in [0.2, 0.25) is 0 Å². The van der Waals surface area contributed by atoms with Gasteiger partial charge in [-0.2, -0.15) is 0 Å². The van der Waals surface area contributed by atoms with E-state index in [9.17, 15) is 9.18 Å². The zero-order valence-corrected chi connectivity index (χ0v) is 11.9. The minimum absolute atomic E-state index is 0.0150. The van der Waals surface area contributed by atoms with Gasteiger partial charge in [0.25, 0.3) is 5.91 Å². The standard InChI is InChI=1S/C13H17FN2O2S/c1-4-13(2,12(15)19)16-11(17)8-5-6-9(14)10(7-8)18-3/h5-7H,4H2,1-3H3,(H2,15,19)(H,16,17). The number of amides is 1. The average molecular weight is 284 g/mol. The van der Waals surface area contributed by atoms with E-state index in [1.54, 1.807) is 6.92 Å². The number of rotatable bonds is 5. The van der Waals surface area contributed by atoms with Gasteiger partial charge in [0, 0.05) is 5.56 Å². The van der Waals surface area contributed by atoms with Gasteiger partial charge in [0.15, 0.2) is 11.6 Å². The number of thiocarbonyl (C=S) groups is 1. The van der Waals surface area contributed by atoms with Gasteiger partial charge in [-0.1, -0.05) is 19.1 Å². The molecule has 6 heteroatoms. The van der Waals surface area contributed by atoms with Crippen molar-refractivity contribution in [1.29, 1.82) is 0 Å². The van der Waals surface area contributed by atoms with Gasteiger partial charge in [0.05, 0.1) is 17.6 Å². The van der Waals surface area contributed by atoms with Gasteiger partial charge in [-0.05, 0) is 31.5 Å². The van der Waals surface area contributed by atoms with Crippen molar-refractivity contribution in [2.24, 2.45) is 5.73 Å². The summed E-state index contributed by atoms with van der Waals surface area (Å²) in [6.07, 6.45) is 0.562. The summed E-state index contributed by atoms with van der Waals surface area (Å²) in [7, 11) is 1.34. The molecule has 104 valence electrons. The highest BCUT2D eigenvalue weighted by Crippen LogP contribution is 2.19. The van der Waals surface area contributed by atoms with Gasteiger partial charge in [-0.25, -0.2) is 4.39 Å². The van der Waals surface area contributed by atoms with Gasteiger partial charge >= 0.3 is 0 Å². The molecule has 1 rings (SSSR count). The number of halogens is 1. The molecule has 1 unspecified atom stereocenters. The molecule has 0 aromatic heterocycles. The molecule has 0 saturated carbocycles. The largest absolute Gasteiger partial charge is 0.494 e. The van der Waals surface area contributed by atoms with Crippen LogP contribution < -0.4 is 15.8 Å². The van der Waals surface area contributed by atoms with E-state index in [0.29, 0.717) is 6.42 Å². The van der Waals surface area contributed by atoms with Crippen LogP contribution in [-0.2, 0) is 0 Å². The monoisotopic (exact) mass is 284 g/mol. The van der Waals surface area contributed by atoms with E-state index in [1.807, 2.05) is 6.92 Å². The summed E-state index contributed by atoms with van der Waals surface area (Å²) in [6, 6.07) is 3.89. The third-order valence-corrected chi connectivity index (χ3v) is 3.50. The number of benzene rings is 1. The maximum Gasteiger partial charge on any atom is 0.252 e. The van der Waals surface area contributed by atoms with Crippen molar-refractivity contribution in [2.45, 2.75) is 25.8 Å². The molecule has 0 fully saturated rings. The highest BCUT2D eigenvalue weighted by molar-refractivity contribution is 7.80. The van der Waals surface area contributed by atoms with Crippen molar-refractivity contribution in [1.82, 2.24) is 5.32 Å². The van der Waals surface area contributed by atoms with Crippen LogP contribution in [-0.4, -0.2) is 23.5 Å². The minimum atomic E-state index is -0.770. The molecule has 0 aliphatic carbocycles. The summed E-state index contributed by atoms with van der Waals surface area (Å²) < 4.78 is 18.1. The lowest BCUT2D eigenvalue weighted by atomic mass is 9.98. The summed E-state index contributed by atoms with van der Waals surface area (Å²) in [6.45, 7) is 3.61. The number of carbonyl (C=O) groups is 1. The second-order valence-corrected chi connectivity index (χ2v) is 4.79. The molecule has 0 radical (unpaired) electrons. The van der Waals surface area contributed by atoms with Crippen LogP contribution >= 0.6 is 12.2 Å². The van der Waals surface area contributed by atoms with E-state index in [4.69, 9.17) is 22.7 Å². The first-order valence-corrected chi connectivity index (χ1v) is 6.21. The molecule has 0 spiro atoms. The molecule has 1 aromatic rings. The summed E-state index contributed by atoms with van der Waals surface area (Å²) in [5.41, 5.74) is 5.14. The number of hydrogen-bond donors (Lipinski definition) is 2. The average Bonchev–Trinajstić information content (AvgIpc) is 2.38. The Balaban J connectivity index is 2.98. The molecule has 3 N–H and O–H groups in total. The lowest BCUT2D eigenvalue weighted by Crippen LogP contribution is -2.54. The van der Waals surface area contributed by atoms with Crippen LogP contribution in [0.1, 0.15) is 30.6 Å². The molecule has 0 aliphatic rings. The van der Waals surface area contributed by atoms with E-state index in [-0.39, 0.29) is 22.2 Å². The topological polar surface area (TPSA) is 64.3 Å². The second-order valence-electron chi connectivity index (χ2n) is 4.35. The van der Waals surface area contributed by atoms with Crippen molar-refractivity contribution in [3.63, 3.8) is 0 Å². The maximum absolute atomic E-state index is 13.3. The van der Waals surface area contributed by atoms with Crippen molar-refractivity contribution in [2.75, 3.05) is 7.11 Å². The molecule has 0 saturated heterocycles. The Morgan fingerprint density at radius 1 is 1.58 bits per heavy atom. The number of carbonyl (C=O) groups excluding carboxylic acids is 1. The Kier molecular flexibility index (Phi) is 4.83. The van der Waals surface area contributed by atoms with Crippen LogP contribution in [0.4, 0.5) is 4.39 Å². The Morgan fingerprint density at radius 2 is 2.21 bits per heavy atom. The van der Waals surface area contributed by atoms with Crippen LogP contribution in [0.3, 0.4) is 0 Å². The third-order valence-electron chi connectivity index (χ3n) is 3.05. The van der Waals surface area contributed by atoms with E-state index in [0.717, 1.165) is 0 Å². The highest BCUT2D eigenvalue weighted by atomic mass is 32.1. The van der Waals surface area contributed by atoms with Crippen LogP contribution in [0, 0.1) is 5.82 Å². The third kappa shape index (κ3) is 3.41. The minimum Gasteiger partial charge on any atom is -0.494 e. The predicted molar refractivity (Wildman–Crippen MR) is 75.9 cm³/mol. The SMILES string of the molecule is CCC(C)(NC(=O)c1ccc(F)c(OC)c1)C(N)=S. The van der Waals surface area contributed by atoms with Crippen molar-refractivity contribution in [3.05, 3.63) is 29.6 Å². The van der Waals surface area contributed by atoms with Gasteiger partial charge < -0.3 is 15.8 Å². The van der Waals surface area contributed by atoms with Gasteiger partial charge in [-0.15, -0.1) is 0 Å². The molecule has 19 heavy (non-hydrogen) atoms. The van der Waals surface area contributed by atoms with Gasteiger partial charge in [-0.3, -0.25) is 4.79 Å². The fourth-order valence-electron chi connectivity index (χ4n) is 1.45. The number of hydrogen-bond acceptors (Lipinski definition) is 3. The Labute approximate surface area is 117 Å². The zero-order valence-electron chi connectivity index (χ0n) is 11.1. The van der Waals surface area contributed by atoms with Crippen molar-refractivity contribution in [3.8, 4) is 5.75 Å². The first-order chi connectivity index (χ1) is 8.84. The fraction of sp³-hybridized carbons (Fsp3) is 0.385. The molecule has 1 aromatic carbocycles. The molecule has 0 heterocycles. The van der Waals surface area contributed by atoms with Crippen LogP contribution in [0.25, 0.3) is 0 Å². The highest BCUT2D eigenvalue weighted by Gasteiger charge is 2.28.